The Morgan fingerprint density at radius 3 is 2.39 bits per heavy atom. The van der Waals surface area contributed by atoms with E-state index in [9.17, 15) is 4.79 Å². The van der Waals surface area contributed by atoms with Crippen molar-refractivity contribution in [1.29, 1.82) is 0 Å². The van der Waals surface area contributed by atoms with Crippen LogP contribution in [0.15, 0.2) is 48.5 Å². The summed E-state index contributed by atoms with van der Waals surface area (Å²) in [5, 5.41) is 0. The summed E-state index contributed by atoms with van der Waals surface area (Å²) in [6.45, 7) is 3.82. The molecule has 1 spiro atoms. The normalized spacial score (nSPS) is 19.1. The summed E-state index contributed by atoms with van der Waals surface area (Å²) in [5.41, 5.74) is 3.98. The second kappa shape index (κ2) is 7.96. The van der Waals surface area contributed by atoms with Gasteiger partial charge in [-0.15, -0.1) is 0 Å². The van der Waals surface area contributed by atoms with Gasteiger partial charge >= 0.3 is 0 Å². The maximum absolute atomic E-state index is 13.3. The number of fused-ring (bicyclic) bond motifs is 1. The van der Waals surface area contributed by atoms with Crippen molar-refractivity contribution in [3.8, 4) is 5.75 Å². The summed E-state index contributed by atoms with van der Waals surface area (Å²) in [4.78, 5) is 17.8. The summed E-state index contributed by atoms with van der Waals surface area (Å²) in [7, 11) is 3.86. The predicted molar refractivity (Wildman–Crippen MR) is 111 cm³/mol. The van der Waals surface area contributed by atoms with Gasteiger partial charge in [0.05, 0.1) is 13.5 Å². The number of likely N-dealkylation sites (tertiary alicyclic amines) is 1. The van der Waals surface area contributed by atoms with Gasteiger partial charge in [-0.2, -0.15) is 0 Å². The first-order chi connectivity index (χ1) is 13.6. The average Bonchev–Trinajstić information content (AvgIpc) is 2.88. The smallest absolute Gasteiger partial charge is 0.227 e. The lowest BCUT2D eigenvalue weighted by atomic mass is 9.73. The molecule has 0 atom stereocenters. The van der Waals surface area contributed by atoms with Crippen molar-refractivity contribution >= 4 is 5.91 Å². The van der Waals surface area contributed by atoms with Crippen LogP contribution in [0.1, 0.15) is 29.5 Å². The molecular formula is C24H30N2O2. The van der Waals surface area contributed by atoms with Crippen molar-refractivity contribution in [2.45, 2.75) is 32.2 Å². The van der Waals surface area contributed by atoms with E-state index in [4.69, 9.17) is 4.74 Å². The minimum atomic E-state index is 0.203. The van der Waals surface area contributed by atoms with Crippen LogP contribution >= 0.6 is 0 Å². The van der Waals surface area contributed by atoms with Crippen LogP contribution in [-0.4, -0.2) is 49.5 Å². The van der Waals surface area contributed by atoms with E-state index in [1.165, 1.54) is 11.1 Å². The molecule has 0 saturated carbocycles. The maximum atomic E-state index is 13.3. The number of hydrogen-bond donors (Lipinski definition) is 0. The van der Waals surface area contributed by atoms with Gasteiger partial charge in [0, 0.05) is 13.1 Å². The molecule has 2 aliphatic heterocycles. The average molecular weight is 379 g/mol. The zero-order valence-electron chi connectivity index (χ0n) is 17.0. The van der Waals surface area contributed by atoms with E-state index in [-0.39, 0.29) is 11.3 Å². The number of carbonyl (C=O) groups excluding carboxylic acids is 1. The first-order valence-electron chi connectivity index (χ1n) is 10.2. The zero-order valence-corrected chi connectivity index (χ0v) is 17.0. The third-order valence-electron chi connectivity index (χ3n) is 6.49. The zero-order chi connectivity index (χ0) is 19.6. The van der Waals surface area contributed by atoms with Gasteiger partial charge in [0.25, 0.3) is 0 Å². The fraction of sp³-hybridized carbons (Fsp3) is 0.458. The molecule has 4 rings (SSSR count). The van der Waals surface area contributed by atoms with E-state index in [2.05, 4.69) is 41.1 Å². The van der Waals surface area contributed by atoms with E-state index in [1.807, 2.05) is 24.3 Å². The van der Waals surface area contributed by atoms with Crippen LogP contribution in [0.2, 0.25) is 0 Å². The summed E-state index contributed by atoms with van der Waals surface area (Å²) in [5.74, 6) is 1.05. The molecule has 0 unspecified atom stereocenters. The molecule has 1 saturated heterocycles. The quantitative estimate of drug-likeness (QED) is 0.819. The second-order valence-electron chi connectivity index (χ2n) is 8.52. The minimum Gasteiger partial charge on any atom is -0.497 e. The number of nitrogens with zero attached hydrogens (tertiary/aromatic N) is 2. The van der Waals surface area contributed by atoms with Crippen LogP contribution in [0.5, 0.6) is 5.75 Å². The Hall–Kier alpha value is -2.33. The SMILES string of the molecule is COc1ccc(CC(=O)N2Cc3ccccc3CC3(CCN(C)CC3)C2)cc1. The van der Waals surface area contributed by atoms with Gasteiger partial charge in [0.15, 0.2) is 0 Å². The Balaban J connectivity index is 1.57. The van der Waals surface area contributed by atoms with Gasteiger partial charge < -0.3 is 14.5 Å². The molecule has 2 aliphatic rings. The highest BCUT2D eigenvalue weighted by molar-refractivity contribution is 5.79. The molecule has 2 aromatic rings. The third kappa shape index (κ3) is 4.07. The summed E-state index contributed by atoms with van der Waals surface area (Å²) in [6.07, 6.45) is 3.85. The van der Waals surface area contributed by atoms with Gasteiger partial charge in [-0.05, 0) is 73.6 Å². The molecule has 4 nitrogen and oxygen atoms in total. The van der Waals surface area contributed by atoms with Crippen LogP contribution in [0.4, 0.5) is 0 Å². The van der Waals surface area contributed by atoms with E-state index in [0.717, 1.165) is 56.8 Å². The number of hydrogen-bond acceptors (Lipinski definition) is 3. The maximum Gasteiger partial charge on any atom is 0.227 e. The topological polar surface area (TPSA) is 32.8 Å². The molecule has 0 N–H and O–H groups in total. The van der Waals surface area contributed by atoms with Gasteiger partial charge in [0.1, 0.15) is 5.75 Å². The molecule has 0 aliphatic carbocycles. The number of ether oxygens (including phenoxy) is 1. The molecule has 1 fully saturated rings. The van der Waals surface area contributed by atoms with Crippen molar-refractivity contribution in [1.82, 2.24) is 9.80 Å². The first kappa shape index (κ1) is 19.0. The first-order valence-corrected chi connectivity index (χ1v) is 10.2. The third-order valence-corrected chi connectivity index (χ3v) is 6.49. The molecule has 2 aromatic carbocycles. The number of carbonyl (C=O) groups is 1. The molecule has 28 heavy (non-hydrogen) atoms. The van der Waals surface area contributed by atoms with Gasteiger partial charge in [0.2, 0.25) is 5.91 Å². The van der Waals surface area contributed by atoms with Crippen LogP contribution in [0.3, 0.4) is 0 Å². The standard InChI is InChI=1S/C24H30N2O2/c1-25-13-11-24(12-14-25)16-20-5-3-4-6-21(20)17-26(18-24)23(27)15-19-7-9-22(28-2)10-8-19/h3-10H,11-18H2,1-2H3. The molecule has 1 amide bonds. The minimum absolute atomic E-state index is 0.203. The molecule has 0 radical (unpaired) electrons. The van der Waals surface area contributed by atoms with E-state index in [0.29, 0.717) is 6.42 Å². The van der Waals surface area contributed by atoms with E-state index < -0.39 is 0 Å². The Kier molecular flexibility index (Phi) is 5.40. The Morgan fingerprint density at radius 2 is 1.71 bits per heavy atom. The van der Waals surface area contributed by atoms with E-state index in [1.54, 1.807) is 7.11 Å². The molecule has 2 heterocycles. The van der Waals surface area contributed by atoms with Crippen LogP contribution in [-0.2, 0) is 24.2 Å². The van der Waals surface area contributed by atoms with Gasteiger partial charge in [-0.1, -0.05) is 36.4 Å². The van der Waals surface area contributed by atoms with Gasteiger partial charge in [-0.3, -0.25) is 4.79 Å². The van der Waals surface area contributed by atoms with Gasteiger partial charge in [-0.25, -0.2) is 0 Å². The van der Waals surface area contributed by atoms with Crippen LogP contribution < -0.4 is 4.74 Å². The molecular weight excluding hydrogens is 348 g/mol. The summed E-state index contributed by atoms with van der Waals surface area (Å²) < 4.78 is 5.23. The molecule has 4 heteroatoms. The lowest BCUT2D eigenvalue weighted by Gasteiger charge is -2.42. The summed E-state index contributed by atoms with van der Waals surface area (Å²) in [6, 6.07) is 16.5. The summed E-state index contributed by atoms with van der Waals surface area (Å²) >= 11 is 0. The van der Waals surface area contributed by atoms with Crippen molar-refractivity contribution in [3.05, 3.63) is 65.2 Å². The Bertz CT molecular complexity index is 823. The Morgan fingerprint density at radius 1 is 1.04 bits per heavy atom. The number of benzene rings is 2. The van der Waals surface area contributed by atoms with Crippen LogP contribution in [0, 0.1) is 5.41 Å². The van der Waals surface area contributed by atoms with Crippen molar-refractivity contribution in [2.24, 2.45) is 5.41 Å². The molecule has 0 bridgehead atoms. The second-order valence-corrected chi connectivity index (χ2v) is 8.52. The number of rotatable bonds is 3. The molecule has 0 aromatic heterocycles. The lowest BCUT2D eigenvalue weighted by molar-refractivity contribution is -0.133. The highest BCUT2D eigenvalue weighted by Gasteiger charge is 2.39. The number of methoxy groups -OCH3 is 1. The van der Waals surface area contributed by atoms with Crippen molar-refractivity contribution in [2.75, 3.05) is 33.8 Å². The fourth-order valence-corrected chi connectivity index (χ4v) is 4.64. The molecule has 148 valence electrons. The Labute approximate surface area is 168 Å². The largest absolute Gasteiger partial charge is 0.497 e. The number of amides is 1. The van der Waals surface area contributed by atoms with E-state index >= 15 is 0 Å². The fourth-order valence-electron chi connectivity index (χ4n) is 4.64. The van der Waals surface area contributed by atoms with Crippen molar-refractivity contribution < 1.29 is 9.53 Å². The highest BCUT2D eigenvalue weighted by atomic mass is 16.5. The number of piperidine rings is 1. The monoisotopic (exact) mass is 378 g/mol. The van der Waals surface area contributed by atoms with Crippen LogP contribution in [0.25, 0.3) is 0 Å². The highest BCUT2D eigenvalue weighted by Crippen LogP contribution is 2.39. The lowest BCUT2D eigenvalue weighted by Crippen LogP contribution is -2.46. The van der Waals surface area contributed by atoms with Crippen molar-refractivity contribution in [3.63, 3.8) is 0 Å². The predicted octanol–water partition coefficient (Wildman–Crippen LogP) is 3.53.